The van der Waals surface area contributed by atoms with Crippen LogP contribution in [0.1, 0.15) is 6.92 Å². The van der Waals surface area contributed by atoms with Gasteiger partial charge in [-0.05, 0) is 25.2 Å². The Balaban J connectivity index is 3.91. The molecule has 0 aromatic carbocycles. The predicted octanol–water partition coefficient (Wildman–Crippen LogP) is 0.159. The summed E-state index contributed by atoms with van der Waals surface area (Å²) in [5.74, 6) is 0. The van der Waals surface area contributed by atoms with E-state index in [1.54, 1.807) is 19.1 Å². The fourth-order valence-corrected chi connectivity index (χ4v) is 0.342. The molecule has 0 aromatic rings. The second kappa shape index (κ2) is 4.96. The zero-order valence-electron chi connectivity index (χ0n) is 5.86. The first-order chi connectivity index (χ1) is 4.68. The number of hydrogen-bond acceptors (Lipinski definition) is 3. The summed E-state index contributed by atoms with van der Waals surface area (Å²) in [6.45, 7) is 4.82. The van der Waals surface area contributed by atoms with Gasteiger partial charge in [-0.2, -0.15) is 0 Å². The van der Waals surface area contributed by atoms with Crippen LogP contribution >= 0.6 is 0 Å². The average Bonchev–Trinajstić information content (AvgIpc) is 1.88. The van der Waals surface area contributed by atoms with E-state index < -0.39 is 7.12 Å². The number of nitrogens with zero attached hydrogens (tertiary/aromatic N) is 1. The monoisotopic (exact) mass is 139 g/mol. The zero-order chi connectivity index (χ0) is 7.98. The first kappa shape index (κ1) is 9.13. The van der Waals surface area contributed by atoms with Crippen LogP contribution in [0.4, 0.5) is 0 Å². The molecule has 0 saturated carbocycles. The maximum Gasteiger partial charge on any atom is 0.483 e. The maximum absolute atomic E-state index is 8.53. The first-order valence-electron chi connectivity index (χ1n) is 2.83. The molecule has 2 N–H and O–H groups in total. The zero-order valence-corrected chi connectivity index (χ0v) is 5.86. The third-order valence-corrected chi connectivity index (χ3v) is 0.958. The Morgan fingerprint density at radius 3 is 2.60 bits per heavy atom. The number of hydrogen-bond donors (Lipinski definition) is 2. The molecule has 4 heteroatoms. The summed E-state index contributed by atoms with van der Waals surface area (Å²) in [6, 6.07) is 0. The van der Waals surface area contributed by atoms with Gasteiger partial charge in [0, 0.05) is 6.20 Å². The lowest BCUT2D eigenvalue weighted by Crippen LogP contribution is -2.12. The molecular weight excluding hydrogens is 129 g/mol. The van der Waals surface area contributed by atoms with Crippen molar-refractivity contribution in [3.05, 3.63) is 23.8 Å². The third kappa shape index (κ3) is 4.06. The molecule has 0 bridgehead atoms. The molecule has 0 heterocycles. The van der Waals surface area contributed by atoms with Gasteiger partial charge in [-0.25, -0.2) is 0 Å². The van der Waals surface area contributed by atoms with Gasteiger partial charge in [0.2, 0.25) is 0 Å². The average molecular weight is 139 g/mol. The van der Waals surface area contributed by atoms with E-state index in [-0.39, 0.29) is 0 Å². The van der Waals surface area contributed by atoms with Crippen molar-refractivity contribution in [3.63, 3.8) is 0 Å². The van der Waals surface area contributed by atoms with Crippen molar-refractivity contribution in [3.8, 4) is 0 Å². The van der Waals surface area contributed by atoms with Crippen LogP contribution in [0, 0.1) is 0 Å². The molecule has 10 heavy (non-hydrogen) atoms. The Morgan fingerprint density at radius 2 is 2.20 bits per heavy atom. The van der Waals surface area contributed by atoms with Crippen molar-refractivity contribution in [1.29, 1.82) is 0 Å². The molecule has 0 fully saturated rings. The lowest BCUT2D eigenvalue weighted by molar-refractivity contribution is 0.419. The molecule has 0 spiro atoms. The fraction of sp³-hybridized carbons (Fsp3) is 0.167. The van der Waals surface area contributed by atoms with E-state index in [4.69, 9.17) is 10.0 Å². The van der Waals surface area contributed by atoms with Crippen molar-refractivity contribution in [1.82, 2.24) is 0 Å². The van der Waals surface area contributed by atoms with Crippen molar-refractivity contribution in [2.45, 2.75) is 6.92 Å². The van der Waals surface area contributed by atoms with Crippen LogP contribution in [0.2, 0.25) is 0 Å². The van der Waals surface area contributed by atoms with Crippen molar-refractivity contribution in [2.75, 3.05) is 0 Å². The highest BCUT2D eigenvalue weighted by Gasteiger charge is 2.06. The largest absolute Gasteiger partial charge is 0.483 e. The van der Waals surface area contributed by atoms with Crippen molar-refractivity contribution >= 4 is 13.8 Å². The van der Waals surface area contributed by atoms with Gasteiger partial charge in [0.25, 0.3) is 0 Å². The minimum Gasteiger partial charge on any atom is -0.423 e. The Kier molecular flexibility index (Phi) is 4.53. The highest BCUT2D eigenvalue weighted by atomic mass is 16.4. The van der Waals surface area contributed by atoms with Crippen LogP contribution in [0.5, 0.6) is 0 Å². The maximum atomic E-state index is 8.53. The highest BCUT2D eigenvalue weighted by molar-refractivity contribution is 6.50. The minimum absolute atomic E-state index is 0.472. The van der Waals surface area contributed by atoms with Gasteiger partial charge in [0.05, 0.1) is 0 Å². The predicted molar refractivity (Wildman–Crippen MR) is 42.6 cm³/mol. The molecule has 0 aromatic heterocycles. The first-order valence-corrected chi connectivity index (χ1v) is 2.83. The van der Waals surface area contributed by atoms with Gasteiger partial charge in [0.1, 0.15) is 0 Å². The molecule has 0 aliphatic rings. The van der Waals surface area contributed by atoms with Crippen LogP contribution in [0.3, 0.4) is 0 Å². The smallest absolute Gasteiger partial charge is 0.423 e. The molecule has 0 atom stereocenters. The van der Waals surface area contributed by atoms with Gasteiger partial charge in [-0.15, -0.1) is 0 Å². The molecule has 0 rings (SSSR count). The van der Waals surface area contributed by atoms with Crippen LogP contribution < -0.4 is 0 Å². The summed E-state index contributed by atoms with van der Waals surface area (Å²) in [5, 5.41) is 17.1. The quantitative estimate of drug-likeness (QED) is 0.332. The van der Waals surface area contributed by atoms with Gasteiger partial charge in [-0.3, -0.25) is 4.99 Å². The minimum atomic E-state index is -1.38. The molecule has 0 aliphatic carbocycles. The molecule has 0 amide bonds. The summed E-state index contributed by atoms with van der Waals surface area (Å²) in [4.78, 5) is 3.43. The molecule has 3 nitrogen and oxygen atoms in total. The van der Waals surface area contributed by atoms with Gasteiger partial charge in [0.15, 0.2) is 0 Å². The second-order valence-corrected chi connectivity index (χ2v) is 1.81. The van der Waals surface area contributed by atoms with Crippen molar-refractivity contribution < 1.29 is 10.0 Å². The second-order valence-electron chi connectivity index (χ2n) is 1.81. The van der Waals surface area contributed by atoms with E-state index in [0.29, 0.717) is 5.47 Å². The van der Waals surface area contributed by atoms with Crippen LogP contribution in [0.25, 0.3) is 0 Å². The SMILES string of the molecule is C=N/C=C\C=C(/C)B(O)O. The topological polar surface area (TPSA) is 52.8 Å². The van der Waals surface area contributed by atoms with Gasteiger partial charge >= 0.3 is 7.12 Å². The Hall–Kier alpha value is -0.865. The van der Waals surface area contributed by atoms with Crippen LogP contribution in [-0.4, -0.2) is 23.9 Å². The van der Waals surface area contributed by atoms with Gasteiger partial charge in [-0.1, -0.05) is 6.08 Å². The summed E-state index contributed by atoms with van der Waals surface area (Å²) in [6.07, 6.45) is 4.60. The fourth-order valence-electron chi connectivity index (χ4n) is 0.342. The molecule has 0 radical (unpaired) electrons. The van der Waals surface area contributed by atoms with E-state index in [1.807, 2.05) is 0 Å². The molecule has 0 aliphatic heterocycles. The normalized spacial score (nSPS) is 12.1. The third-order valence-electron chi connectivity index (χ3n) is 0.958. The van der Waals surface area contributed by atoms with E-state index in [9.17, 15) is 0 Å². The van der Waals surface area contributed by atoms with E-state index in [2.05, 4.69) is 11.7 Å². The van der Waals surface area contributed by atoms with Crippen molar-refractivity contribution in [2.24, 2.45) is 4.99 Å². The Morgan fingerprint density at radius 1 is 1.60 bits per heavy atom. The number of aliphatic imine (C=N–C) groups is 1. The molecule has 0 saturated heterocycles. The van der Waals surface area contributed by atoms with E-state index in [1.165, 1.54) is 6.20 Å². The standard InChI is InChI=1S/C6H10BNO2/c1-6(7(9)10)4-3-5-8-2/h3-5,9-10H,2H2,1H3/b5-3-,6-4+. The van der Waals surface area contributed by atoms with E-state index in [0.717, 1.165) is 0 Å². The number of allylic oxidation sites excluding steroid dienone is 3. The summed E-state index contributed by atoms with van der Waals surface area (Å²) < 4.78 is 0. The molecular formula is C6H10BNO2. The molecule has 54 valence electrons. The van der Waals surface area contributed by atoms with Crippen LogP contribution in [-0.2, 0) is 0 Å². The summed E-state index contributed by atoms with van der Waals surface area (Å²) in [7, 11) is -1.38. The lowest BCUT2D eigenvalue weighted by Gasteiger charge is -1.92. The lowest BCUT2D eigenvalue weighted by atomic mass is 9.80. The van der Waals surface area contributed by atoms with Gasteiger partial charge < -0.3 is 10.0 Å². The van der Waals surface area contributed by atoms with Crippen LogP contribution in [0.15, 0.2) is 28.8 Å². The summed E-state index contributed by atoms with van der Waals surface area (Å²) >= 11 is 0. The highest BCUT2D eigenvalue weighted by Crippen LogP contribution is 1.93. The summed E-state index contributed by atoms with van der Waals surface area (Å²) in [5.41, 5.74) is 0.472. The molecule has 0 unspecified atom stereocenters. The van der Waals surface area contributed by atoms with E-state index >= 15 is 0 Å². The Labute approximate surface area is 60.6 Å². The Bertz CT molecular complexity index is 163. The number of rotatable bonds is 3.